The lowest BCUT2D eigenvalue weighted by atomic mass is 10.2. The standard InChI is InChI=1S/C16H27N3O2/c1-4-17-16(18-10-5-12-20-3)19-11-13-21-15-8-6-14(2)7-9-15/h6-9H,4-5,10-13H2,1-3H3,(H2,17,18,19). The third-order valence-electron chi connectivity index (χ3n) is 2.80. The Bertz CT molecular complexity index is 404. The molecule has 118 valence electrons. The van der Waals surface area contributed by atoms with E-state index in [-0.39, 0.29) is 0 Å². The predicted molar refractivity (Wildman–Crippen MR) is 87.1 cm³/mol. The summed E-state index contributed by atoms with van der Waals surface area (Å²) in [6.07, 6.45) is 0.924. The van der Waals surface area contributed by atoms with E-state index in [1.54, 1.807) is 7.11 Å². The molecule has 5 heteroatoms. The van der Waals surface area contributed by atoms with E-state index in [4.69, 9.17) is 9.47 Å². The van der Waals surface area contributed by atoms with Crippen LogP contribution in [0.2, 0.25) is 0 Å². The number of nitrogens with one attached hydrogen (secondary N) is 2. The van der Waals surface area contributed by atoms with Gasteiger partial charge in [-0.3, -0.25) is 4.99 Å². The Balaban J connectivity index is 2.24. The molecule has 0 radical (unpaired) electrons. The topological polar surface area (TPSA) is 54.9 Å². The Morgan fingerprint density at radius 2 is 1.90 bits per heavy atom. The number of aliphatic imine (C=N–C) groups is 1. The Morgan fingerprint density at radius 1 is 1.14 bits per heavy atom. The van der Waals surface area contributed by atoms with Crippen molar-refractivity contribution in [3.05, 3.63) is 29.8 Å². The van der Waals surface area contributed by atoms with E-state index in [0.29, 0.717) is 13.2 Å². The average Bonchev–Trinajstić information content (AvgIpc) is 2.49. The van der Waals surface area contributed by atoms with Crippen LogP contribution >= 0.6 is 0 Å². The maximum atomic E-state index is 5.67. The van der Waals surface area contributed by atoms with Gasteiger partial charge in [-0.25, -0.2) is 0 Å². The highest BCUT2D eigenvalue weighted by molar-refractivity contribution is 5.79. The molecule has 0 aliphatic carbocycles. The summed E-state index contributed by atoms with van der Waals surface area (Å²) < 4.78 is 10.7. The Hall–Kier alpha value is -1.75. The number of guanidine groups is 1. The number of hydrogen-bond acceptors (Lipinski definition) is 3. The van der Waals surface area contributed by atoms with E-state index in [1.165, 1.54) is 5.56 Å². The molecule has 2 N–H and O–H groups in total. The predicted octanol–water partition coefficient (Wildman–Crippen LogP) is 1.97. The summed E-state index contributed by atoms with van der Waals surface area (Å²) in [7, 11) is 1.70. The molecule has 1 aromatic rings. The van der Waals surface area contributed by atoms with Crippen molar-refractivity contribution >= 4 is 5.96 Å². The quantitative estimate of drug-likeness (QED) is 0.415. The minimum Gasteiger partial charge on any atom is -0.492 e. The molecule has 0 aliphatic rings. The van der Waals surface area contributed by atoms with Gasteiger partial charge in [-0.05, 0) is 32.4 Å². The molecule has 0 unspecified atom stereocenters. The molecule has 0 fully saturated rings. The van der Waals surface area contributed by atoms with Crippen molar-refractivity contribution in [3.8, 4) is 5.75 Å². The van der Waals surface area contributed by atoms with Gasteiger partial charge in [0.2, 0.25) is 0 Å². The van der Waals surface area contributed by atoms with Crippen LogP contribution in [-0.4, -0.2) is 45.9 Å². The molecule has 0 heterocycles. The first-order valence-corrected chi connectivity index (χ1v) is 7.47. The van der Waals surface area contributed by atoms with Gasteiger partial charge >= 0.3 is 0 Å². The third-order valence-corrected chi connectivity index (χ3v) is 2.80. The van der Waals surface area contributed by atoms with Crippen LogP contribution in [0.3, 0.4) is 0 Å². The highest BCUT2D eigenvalue weighted by atomic mass is 16.5. The van der Waals surface area contributed by atoms with Crippen molar-refractivity contribution in [2.45, 2.75) is 20.3 Å². The maximum absolute atomic E-state index is 5.67. The lowest BCUT2D eigenvalue weighted by Gasteiger charge is -2.12. The molecule has 0 atom stereocenters. The molecule has 0 amide bonds. The van der Waals surface area contributed by atoms with Gasteiger partial charge in [-0.15, -0.1) is 0 Å². The first-order chi connectivity index (χ1) is 10.3. The number of nitrogens with zero attached hydrogens (tertiary/aromatic N) is 1. The number of methoxy groups -OCH3 is 1. The zero-order valence-corrected chi connectivity index (χ0v) is 13.3. The third kappa shape index (κ3) is 8.19. The minimum absolute atomic E-state index is 0.603. The summed E-state index contributed by atoms with van der Waals surface area (Å²) in [4.78, 5) is 4.47. The van der Waals surface area contributed by atoms with Gasteiger partial charge in [-0.2, -0.15) is 0 Å². The fourth-order valence-corrected chi connectivity index (χ4v) is 1.71. The highest BCUT2D eigenvalue weighted by Gasteiger charge is 1.97. The molecule has 1 aromatic carbocycles. The van der Waals surface area contributed by atoms with Gasteiger partial charge in [0.15, 0.2) is 5.96 Å². The molecule has 0 bridgehead atoms. The molecule has 0 aliphatic heterocycles. The largest absolute Gasteiger partial charge is 0.492 e. The van der Waals surface area contributed by atoms with Crippen LogP contribution in [0.5, 0.6) is 5.75 Å². The Morgan fingerprint density at radius 3 is 2.57 bits per heavy atom. The molecular weight excluding hydrogens is 266 g/mol. The van der Waals surface area contributed by atoms with E-state index in [2.05, 4.69) is 29.5 Å². The maximum Gasteiger partial charge on any atom is 0.191 e. The van der Waals surface area contributed by atoms with Gasteiger partial charge in [0.25, 0.3) is 0 Å². The van der Waals surface area contributed by atoms with E-state index < -0.39 is 0 Å². The average molecular weight is 293 g/mol. The van der Waals surface area contributed by atoms with Crippen molar-refractivity contribution in [2.24, 2.45) is 4.99 Å². The van der Waals surface area contributed by atoms with Crippen LogP contribution in [0, 0.1) is 6.92 Å². The van der Waals surface area contributed by atoms with Crippen molar-refractivity contribution in [1.82, 2.24) is 10.6 Å². The lowest BCUT2D eigenvalue weighted by Crippen LogP contribution is -2.39. The van der Waals surface area contributed by atoms with Gasteiger partial charge in [-0.1, -0.05) is 17.7 Å². The number of rotatable bonds is 9. The Labute approximate surface area is 127 Å². The summed E-state index contributed by atoms with van der Waals surface area (Å²) >= 11 is 0. The summed E-state index contributed by atoms with van der Waals surface area (Å²) in [6.45, 7) is 7.76. The molecule has 0 saturated heterocycles. The highest BCUT2D eigenvalue weighted by Crippen LogP contribution is 2.10. The molecular formula is C16H27N3O2. The molecule has 1 rings (SSSR count). The zero-order valence-electron chi connectivity index (χ0n) is 13.3. The van der Waals surface area contributed by atoms with Crippen LogP contribution in [0.4, 0.5) is 0 Å². The second kappa shape index (κ2) is 11.0. The van der Waals surface area contributed by atoms with E-state index in [1.807, 2.05) is 24.3 Å². The van der Waals surface area contributed by atoms with E-state index in [0.717, 1.165) is 37.8 Å². The summed E-state index contributed by atoms with van der Waals surface area (Å²) in [5.41, 5.74) is 1.23. The second-order valence-corrected chi connectivity index (χ2v) is 4.70. The van der Waals surface area contributed by atoms with Gasteiger partial charge in [0.1, 0.15) is 12.4 Å². The van der Waals surface area contributed by atoms with Gasteiger partial charge < -0.3 is 20.1 Å². The fraction of sp³-hybridized carbons (Fsp3) is 0.562. The van der Waals surface area contributed by atoms with Crippen LogP contribution in [0.1, 0.15) is 18.9 Å². The first kappa shape index (κ1) is 17.3. The normalized spacial score (nSPS) is 11.3. The number of hydrogen-bond donors (Lipinski definition) is 2. The fourth-order valence-electron chi connectivity index (χ4n) is 1.71. The van der Waals surface area contributed by atoms with Crippen molar-refractivity contribution in [1.29, 1.82) is 0 Å². The summed E-state index contributed by atoms with van der Waals surface area (Å²) in [5.74, 6) is 1.71. The molecule has 0 aromatic heterocycles. The number of ether oxygens (including phenoxy) is 2. The number of benzene rings is 1. The van der Waals surface area contributed by atoms with Gasteiger partial charge in [0.05, 0.1) is 6.54 Å². The SMILES string of the molecule is CCNC(=NCCCOC)NCCOc1ccc(C)cc1. The van der Waals surface area contributed by atoms with Crippen LogP contribution < -0.4 is 15.4 Å². The van der Waals surface area contributed by atoms with Crippen molar-refractivity contribution in [3.63, 3.8) is 0 Å². The van der Waals surface area contributed by atoms with Crippen LogP contribution in [0.25, 0.3) is 0 Å². The number of aryl methyl sites for hydroxylation is 1. The molecule has 0 saturated carbocycles. The van der Waals surface area contributed by atoms with E-state index in [9.17, 15) is 0 Å². The smallest absolute Gasteiger partial charge is 0.191 e. The lowest BCUT2D eigenvalue weighted by molar-refractivity contribution is 0.197. The zero-order chi connectivity index (χ0) is 15.3. The molecule has 21 heavy (non-hydrogen) atoms. The van der Waals surface area contributed by atoms with Crippen LogP contribution in [0.15, 0.2) is 29.3 Å². The Kier molecular flexibility index (Phi) is 9.04. The van der Waals surface area contributed by atoms with Gasteiger partial charge in [0, 0.05) is 26.8 Å². The second-order valence-electron chi connectivity index (χ2n) is 4.70. The van der Waals surface area contributed by atoms with Crippen molar-refractivity contribution in [2.75, 3.05) is 40.0 Å². The molecule has 5 nitrogen and oxygen atoms in total. The first-order valence-electron chi connectivity index (χ1n) is 7.47. The van der Waals surface area contributed by atoms with E-state index >= 15 is 0 Å². The monoisotopic (exact) mass is 293 g/mol. The van der Waals surface area contributed by atoms with Crippen LogP contribution in [-0.2, 0) is 4.74 Å². The van der Waals surface area contributed by atoms with Crippen molar-refractivity contribution < 1.29 is 9.47 Å². The summed E-state index contributed by atoms with van der Waals surface area (Å²) in [6, 6.07) is 8.06. The molecule has 0 spiro atoms. The summed E-state index contributed by atoms with van der Waals surface area (Å²) in [5, 5.41) is 6.46. The minimum atomic E-state index is 0.603.